The molecule has 0 saturated carbocycles. The molecule has 3 rings (SSSR count). The van der Waals surface area contributed by atoms with Crippen molar-refractivity contribution in [3.8, 4) is 5.75 Å². The number of hydrogen-bond donors (Lipinski definition) is 1. The van der Waals surface area contributed by atoms with Crippen LogP contribution in [0.4, 0.5) is 11.7 Å². The summed E-state index contributed by atoms with van der Waals surface area (Å²) < 4.78 is 10.9. The Morgan fingerprint density at radius 1 is 1.06 bits per heavy atom. The van der Waals surface area contributed by atoms with Gasteiger partial charge in [-0.1, -0.05) is 24.3 Å². The van der Waals surface area contributed by atoms with Crippen molar-refractivity contribution >= 4 is 22.8 Å². The van der Waals surface area contributed by atoms with E-state index in [2.05, 4.69) is 10.3 Å². The van der Waals surface area contributed by atoms with Crippen molar-refractivity contribution in [3.63, 3.8) is 0 Å². The van der Waals surface area contributed by atoms with Crippen LogP contribution in [0.2, 0.25) is 0 Å². The summed E-state index contributed by atoms with van der Waals surface area (Å²) in [7, 11) is 1.62. The molecule has 1 N–H and O–H groups in total. The van der Waals surface area contributed by atoms with Gasteiger partial charge in [0, 0.05) is 5.69 Å². The molecular formula is C14H12N2O2. The fraction of sp³-hybridized carbons (Fsp3) is 0.0714. The number of oxazole rings is 1. The van der Waals surface area contributed by atoms with E-state index in [4.69, 9.17) is 9.15 Å². The lowest BCUT2D eigenvalue weighted by Crippen LogP contribution is -1.89. The molecule has 0 aliphatic carbocycles. The van der Waals surface area contributed by atoms with Gasteiger partial charge in [-0.15, -0.1) is 0 Å². The second-order valence-corrected chi connectivity index (χ2v) is 3.82. The van der Waals surface area contributed by atoms with Crippen LogP contribution in [-0.2, 0) is 0 Å². The Morgan fingerprint density at radius 2 is 1.89 bits per heavy atom. The lowest BCUT2D eigenvalue weighted by Gasteiger charge is -1.99. The van der Waals surface area contributed by atoms with E-state index in [1.807, 2.05) is 48.5 Å². The van der Waals surface area contributed by atoms with Crippen LogP contribution < -0.4 is 10.1 Å². The van der Waals surface area contributed by atoms with E-state index in [0.29, 0.717) is 17.3 Å². The molecule has 0 amide bonds. The third-order valence-corrected chi connectivity index (χ3v) is 2.63. The maximum atomic E-state index is 5.61. The smallest absolute Gasteiger partial charge is 0.300 e. The quantitative estimate of drug-likeness (QED) is 0.760. The maximum absolute atomic E-state index is 5.61. The summed E-state index contributed by atoms with van der Waals surface area (Å²) in [4.78, 5) is 4.38. The Kier molecular flexibility index (Phi) is 2.61. The Balaban J connectivity index is 1.99. The van der Waals surface area contributed by atoms with Crippen molar-refractivity contribution < 1.29 is 9.15 Å². The minimum atomic E-state index is 0.459. The van der Waals surface area contributed by atoms with Crippen LogP contribution in [0.15, 0.2) is 52.9 Å². The minimum absolute atomic E-state index is 0.459. The Labute approximate surface area is 104 Å². The van der Waals surface area contributed by atoms with Crippen LogP contribution in [0.3, 0.4) is 0 Å². The number of para-hydroxylation sites is 2. The fourth-order valence-corrected chi connectivity index (χ4v) is 1.79. The Morgan fingerprint density at radius 3 is 2.67 bits per heavy atom. The molecule has 0 bridgehead atoms. The molecule has 3 aromatic rings. The lowest BCUT2D eigenvalue weighted by atomic mass is 10.3. The second-order valence-electron chi connectivity index (χ2n) is 3.82. The summed E-state index contributed by atoms with van der Waals surface area (Å²) in [6.07, 6.45) is 0. The first kappa shape index (κ1) is 10.7. The van der Waals surface area contributed by atoms with E-state index in [9.17, 15) is 0 Å². The summed E-state index contributed by atoms with van der Waals surface area (Å²) in [6, 6.07) is 15.8. The predicted molar refractivity (Wildman–Crippen MR) is 70.3 cm³/mol. The largest absolute Gasteiger partial charge is 0.494 e. The number of anilines is 2. The van der Waals surface area contributed by atoms with Crippen LogP contribution in [-0.4, -0.2) is 12.1 Å². The van der Waals surface area contributed by atoms with E-state index in [1.54, 1.807) is 7.11 Å². The highest BCUT2D eigenvalue weighted by molar-refractivity contribution is 5.81. The topological polar surface area (TPSA) is 47.3 Å². The Bertz CT molecular complexity index is 662. The van der Waals surface area contributed by atoms with Gasteiger partial charge in [0.15, 0.2) is 11.1 Å². The molecule has 1 aromatic heterocycles. The number of hydrogen-bond acceptors (Lipinski definition) is 4. The molecule has 0 aliphatic heterocycles. The number of rotatable bonds is 3. The van der Waals surface area contributed by atoms with E-state index < -0.39 is 0 Å². The number of benzene rings is 2. The summed E-state index contributed by atoms with van der Waals surface area (Å²) in [5, 5.41) is 3.11. The zero-order chi connectivity index (χ0) is 12.4. The number of aromatic nitrogens is 1. The zero-order valence-electron chi connectivity index (χ0n) is 9.88. The van der Waals surface area contributed by atoms with Crippen molar-refractivity contribution in [1.29, 1.82) is 0 Å². The molecule has 0 fully saturated rings. The number of ether oxygens (including phenoxy) is 1. The van der Waals surface area contributed by atoms with Crippen LogP contribution in [0.1, 0.15) is 0 Å². The van der Waals surface area contributed by atoms with Crippen molar-refractivity contribution in [1.82, 2.24) is 4.98 Å². The number of fused-ring (bicyclic) bond motifs is 1. The minimum Gasteiger partial charge on any atom is -0.494 e. The van der Waals surface area contributed by atoms with Crippen molar-refractivity contribution in [2.75, 3.05) is 12.4 Å². The summed E-state index contributed by atoms with van der Waals surface area (Å²) in [5.74, 6) is 0.706. The molecule has 0 atom stereocenters. The molecule has 0 spiro atoms. The highest BCUT2D eigenvalue weighted by atomic mass is 16.5. The van der Waals surface area contributed by atoms with Crippen molar-refractivity contribution in [2.45, 2.75) is 0 Å². The highest BCUT2D eigenvalue weighted by Crippen LogP contribution is 2.28. The van der Waals surface area contributed by atoms with Crippen molar-refractivity contribution in [2.24, 2.45) is 0 Å². The molecule has 0 unspecified atom stereocenters. The highest BCUT2D eigenvalue weighted by Gasteiger charge is 2.09. The Hall–Kier alpha value is -2.49. The van der Waals surface area contributed by atoms with Gasteiger partial charge >= 0.3 is 0 Å². The van der Waals surface area contributed by atoms with Gasteiger partial charge in [0.2, 0.25) is 0 Å². The van der Waals surface area contributed by atoms with E-state index in [1.165, 1.54) is 0 Å². The zero-order valence-corrected chi connectivity index (χ0v) is 9.88. The molecule has 0 saturated heterocycles. The standard InChI is InChI=1S/C14H12N2O2/c1-17-11-8-5-9-12-13(11)16-14(18-12)15-10-6-3-2-4-7-10/h2-9H,1H3,(H,15,16). The SMILES string of the molecule is COc1cccc2oc(Nc3ccccc3)nc12. The summed E-state index contributed by atoms with van der Waals surface area (Å²) in [5.41, 5.74) is 2.36. The number of nitrogens with zero attached hydrogens (tertiary/aromatic N) is 1. The van der Waals surface area contributed by atoms with Gasteiger partial charge in [-0.3, -0.25) is 0 Å². The third-order valence-electron chi connectivity index (χ3n) is 2.63. The maximum Gasteiger partial charge on any atom is 0.300 e. The molecule has 90 valence electrons. The lowest BCUT2D eigenvalue weighted by molar-refractivity contribution is 0.419. The second kappa shape index (κ2) is 4.41. The van der Waals surface area contributed by atoms with Gasteiger partial charge in [0.25, 0.3) is 6.01 Å². The molecule has 2 aromatic carbocycles. The van der Waals surface area contributed by atoms with Gasteiger partial charge in [0.1, 0.15) is 5.75 Å². The van der Waals surface area contributed by atoms with Gasteiger partial charge in [0.05, 0.1) is 7.11 Å². The predicted octanol–water partition coefficient (Wildman–Crippen LogP) is 3.58. The van der Waals surface area contributed by atoms with E-state index in [0.717, 1.165) is 11.2 Å². The average Bonchev–Trinajstić information content (AvgIpc) is 2.82. The molecule has 1 heterocycles. The molecule has 4 nitrogen and oxygen atoms in total. The van der Waals surface area contributed by atoms with Gasteiger partial charge < -0.3 is 14.5 Å². The summed E-state index contributed by atoms with van der Waals surface area (Å²) >= 11 is 0. The molecule has 4 heteroatoms. The molecule has 0 radical (unpaired) electrons. The van der Waals surface area contributed by atoms with Crippen LogP contribution in [0.5, 0.6) is 5.75 Å². The van der Waals surface area contributed by atoms with Crippen LogP contribution >= 0.6 is 0 Å². The molecule has 0 aliphatic rings. The van der Waals surface area contributed by atoms with Gasteiger partial charge in [-0.2, -0.15) is 4.98 Å². The first-order valence-electron chi connectivity index (χ1n) is 5.62. The monoisotopic (exact) mass is 240 g/mol. The number of methoxy groups -OCH3 is 1. The van der Waals surface area contributed by atoms with E-state index >= 15 is 0 Å². The van der Waals surface area contributed by atoms with Crippen LogP contribution in [0, 0.1) is 0 Å². The third kappa shape index (κ3) is 1.88. The first-order valence-corrected chi connectivity index (χ1v) is 5.62. The van der Waals surface area contributed by atoms with E-state index in [-0.39, 0.29) is 0 Å². The van der Waals surface area contributed by atoms with Gasteiger partial charge in [-0.25, -0.2) is 0 Å². The molecule has 18 heavy (non-hydrogen) atoms. The number of nitrogens with one attached hydrogen (secondary N) is 1. The average molecular weight is 240 g/mol. The van der Waals surface area contributed by atoms with Crippen molar-refractivity contribution in [3.05, 3.63) is 48.5 Å². The molecular weight excluding hydrogens is 228 g/mol. The first-order chi connectivity index (χ1) is 8.86. The fourth-order valence-electron chi connectivity index (χ4n) is 1.79. The summed E-state index contributed by atoms with van der Waals surface area (Å²) in [6.45, 7) is 0. The van der Waals surface area contributed by atoms with Crippen LogP contribution in [0.25, 0.3) is 11.1 Å². The van der Waals surface area contributed by atoms with Gasteiger partial charge in [-0.05, 0) is 24.3 Å². The normalized spacial score (nSPS) is 10.5.